The van der Waals surface area contributed by atoms with Gasteiger partial charge in [-0.05, 0) is 38.0 Å². The number of carbonyl (C=O) groups is 2. The molecular weight excluding hydrogens is 268 g/mol. The van der Waals surface area contributed by atoms with E-state index in [4.69, 9.17) is 21.1 Å². The van der Waals surface area contributed by atoms with Gasteiger partial charge in [-0.15, -0.1) is 0 Å². The zero-order valence-electron chi connectivity index (χ0n) is 11.2. The minimum absolute atomic E-state index is 0.231. The standard InChI is InChI=1S/C14H17ClO4/c1-4-19-14(17)12(9(2)16)7-10-5-6-11(18-3)8-13(10)15/h5-6,8,12H,4,7H2,1-3H3. The molecule has 1 atom stereocenters. The largest absolute Gasteiger partial charge is 0.497 e. The molecule has 1 rings (SSSR count). The molecule has 0 bridgehead atoms. The molecule has 0 heterocycles. The fraction of sp³-hybridized carbons (Fsp3) is 0.429. The Morgan fingerprint density at radius 1 is 1.37 bits per heavy atom. The molecule has 0 N–H and O–H groups in total. The van der Waals surface area contributed by atoms with Crippen molar-refractivity contribution in [2.45, 2.75) is 20.3 Å². The molecule has 1 aromatic carbocycles. The van der Waals surface area contributed by atoms with E-state index in [0.29, 0.717) is 10.8 Å². The Bertz CT molecular complexity index is 471. The maximum Gasteiger partial charge on any atom is 0.316 e. The first-order valence-corrected chi connectivity index (χ1v) is 6.36. The first kappa shape index (κ1) is 15.5. The normalized spacial score (nSPS) is 11.8. The van der Waals surface area contributed by atoms with Gasteiger partial charge in [0.1, 0.15) is 17.5 Å². The zero-order valence-corrected chi connectivity index (χ0v) is 12.0. The SMILES string of the molecule is CCOC(=O)C(Cc1ccc(OC)cc1Cl)C(C)=O. The van der Waals surface area contributed by atoms with Crippen LogP contribution in [0, 0.1) is 5.92 Å². The Morgan fingerprint density at radius 2 is 2.05 bits per heavy atom. The summed E-state index contributed by atoms with van der Waals surface area (Å²) in [6.07, 6.45) is 0.233. The fourth-order valence-electron chi connectivity index (χ4n) is 1.68. The van der Waals surface area contributed by atoms with E-state index in [2.05, 4.69) is 0 Å². The molecule has 104 valence electrons. The van der Waals surface area contributed by atoms with Gasteiger partial charge in [-0.1, -0.05) is 17.7 Å². The number of methoxy groups -OCH3 is 1. The van der Waals surface area contributed by atoms with E-state index < -0.39 is 11.9 Å². The molecule has 0 aromatic heterocycles. The number of carbonyl (C=O) groups excluding carboxylic acids is 2. The highest BCUT2D eigenvalue weighted by Gasteiger charge is 2.25. The third-order valence-corrected chi connectivity index (χ3v) is 3.10. The average Bonchev–Trinajstić information content (AvgIpc) is 2.36. The highest BCUT2D eigenvalue weighted by molar-refractivity contribution is 6.31. The van der Waals surface area contributed by atoms with Gasteiger partial charge in [-0.2, -0.15) is 0 Å². The summed E-state index contributed by atoms with van der Waals surface area (Å²) in [6, 6.07) is 5.14. The van der Waals surface area contributed by atoms with E-state index in [0.717, 1.165) is 5.56 Å². The fourth-order valence-corrected chi connectivity index (χ4v) is 1.92. The van der Waals surface area contributed by atoms with Crippen LogP contribution in [0.5, 0.6) is 5.75 Å². The summed E-state index contributed by atoms with van der Waals surface area (Å²) in [5.41, 5.74) is 0.718. The third-order valence-electron chi connectivity index (χ3n) is 2.75. The molecule has 5 heteroatoms. The molecule has 0 saturated heterocycles. The van der Waals surface area contributed by atoms with Crippen molar-refractivity contribution in [2.75, 3.05) is 13.7 Å². The molecule has 19 heavy (non-hydrogen) atoms. The van der Waals surface area contributed by atoms with Crippen molar-refractivity contribution in [1.29, 1.82) is 0 Å². The number of benzene rings is 1. The molecule has 0 fully saturated rings. The van der Waals surface area contributed by atoms with Gasteiger partial charge in [0.05, 0.1) is 13.7 Å². The van der Waals surface area contributed by atoms with Crippen LogP contribution in [0.1, 0.15) is 19.4 Å². The van der Waals surface area contributed by atoms with Gasteiger partial charge in [-0.3, -0.25) is 9.59 Å². The minimum atomic E-state index is -0.814. The van der Waals surface area contributed by atoms with Crippen LogP contribution >= 0.6 is 11.6 Å². The monoisotopic (exact) mass is 284 g/mol. The highest BCUT2D eigenvalue weighted by atomic mass is 35.5. The maximum atomic E-state index is 11.7. The lowest BCUT2D eigenvalue weighted by molar-refractivity contribution is -0.151. The topological polar surface area (TPSA) is 52.6 Å². The van der Waals surface area contributed by atoms with Gasteiger partial charge in [0, 0.05) is 5.02 Å². The van der Waals surface area contributed by atoms with E-state index in [1.807, 2.05) is 0 Å². The first-order chi connectivity index (χ1) is 8.99. The van der Waals surface area contributed by atoms with Crippen molar-refractivity contribution in [3.63, 3.8) is 0 Å². The van der Waals surface area contributed by atoms with Gasteiger partial charge in [0.2, 0.25) is 0 Å². The second kappa shape index (κ2) is 7.14. The zero-order chi connectivity index (χ0) is 14.4. The van der Waals surface area contributed by atoms with Crippen molar-refractivity contribution in [2.24, 2.45) is 5.92 Å². The lowest BCUT2D eigenvalue weighted by Crippen LogP contribution is -2.26. The molecule has 1 unspecified atom stereocenters. The Hall–Kier alpha value is -1.55. The summed E-state index contributed by atoms with van der Waals surface area (Å²) >= 11 is 6.10. The molecule has 4 nitrogen and oxygen atoms in total. The van der Waals surface area contributed by atoms with Crippen molar-refractivity contribution in [3.8, 4) is 5.75 Å². The van der Waals surface area contributed by atoms with Crippen LogP contribution in [-0.4, -0.2) is 25.5 Å². The lowest BCUT2D eigenvalue weighted by atomic mass is 9.96. The quantitative estimate of drug-likeness (QED) is 0.595. The number of hydrogen-bond donors (Lipinski definition) is 0. The second-order valence-corrected chi connectivity index (χ2v) is 4.48. The molecule has 0 aliphatic heterocycles. The number of Topliss-reactive ketones (excluding diaryl/α,β-unsaturated/α-hetero) is 1. The summed E-state index contributed by atoms with van der Waals surface area (Å²) in [5, 5.41) is 0.467. The number of hydrogen-bond acceptors (Lipinski definition) is 4. The Kier molecular flexibility index (Phi) is 5.83. The van der Waals surface area contributed by atoms with E-state index in [-0.39, 0.29) is 18.8 Å². The van der Waals surface area contributed by atoms with Gasteiger partial charge in [-0.25, -0.2) is 0 Å². The molecule has 0 aliphatic carbocycles. The molecule has 1 aromatic rings. The number of ketones is 1. The number of halogens is 1. The van der Waals surface area contributed by atoms with E-state index in [1.54, 1.807) is 32.2 Å². The number of rotatable bonds is 6. The predicted octanol–water partition coefficient (Wildman–Crippen LogP) is 2.66. The molecule has 0 saturated carbocycles. The van der Waals surface area contributed by atoms with Crippen molar-refractivity contribution < 1.29 is 19.1 Å². The van der Waals surface area contributed by atoms with E-state index in [1.165, 1.54) is 6.92 Å². The third kappa shape index (κ3) is 4.24. The number of ether oxygens (including phenoxy) is 2. The molecule has 0 spiro atoms. The van der Waals surface area contributed by atoms with Crippen molar-refractivity contribution >= 4 is 23.4 Å². The van der Waals surface area contributed by atoms with Crippen LogP contribution in [0.4, 0.5) is 0 Å². The molecular formula is C14H17ClO4. The summed E-state index contributed by atoms with van der Waals surface area (Å²) in [7, 11) is 1.54. The van der Waals surface area contributed by atoms with Crippen LogP contribution in [0.2, 0.25) is 5.02 Å². The van der Waals surface area contributed by atoms with Gasteiger partial charge < -0.3 is 9.47 Å². The summed E-state index contributed by atoms with van der Waals surface area (Å²) < 4.78 is 9.94. The highest BCUT2D eigenvalue weighted by Crippen LogP contribution is 2.25. The molecule has 0 radical (unpaired) electrons. The van der Waals surface area contributed by atoms with Gasteiger partial charge in [0.15, 0.2) is 0 Å². The average molecular weight is 285 g/mol. The van der Waals surface area contributed by atoms with Crippen LogP contribution in [0.3, 0.4) is 0 Å². The smallest absolute Gasteiger partial charge is 0.316 e. The Morgan fingerprint density at radius 3 is 2.53 bits per heavy atom. The van der Waals surface area contributed by atoms with Crippen LogP contribution in [0.15, 0.2) is 18.2 Å². The minimum Gasteiger partial charge on any atom is -0.497 e. The summed E-state index contributed by atoms with van der Waals surface area (Å²) in [5.74, 6) is -0.928. The van der Waals surface area contributed by atoms with Crippen LogP contribution < -0.4 is 4.74 Å². The lowest BCUT2D eigenvalue weighted by Gasteiger charge is -2.14. The van der Waals surface area contributed by atoms with Crippen molar-refractivity contribution in [3.05, 3.63) is 28.8 Å². The predicted molar refractivity (Wildman–Crippen MR) is 72.5 cm³/mol. The van der Waals surface area contributed by atoms with Crippen LogP contribution in [-0.2, 0) is 20.7 Å². The van der Waals surface area contributed by atoms with Crippen molar-refractivity contribution in [1.82, 2.24) is 0 Å². The Labute approximate surface area is 117 Å². The maximum absolute atomic E-state index is 11.7. The van der Waals surface area contributed by atoms with Crippen LogP contribution in [0.25, 0.3) is 0 Å². The van der Waals surface area contributed by atoms with E-state index >= 15 is 0 Å². The van der Waals surface area contributed by atoms with Gasteiger partial charge >= 0.3 is 5.97 Å². The second-order valence-electron chi connectivity index (χ2n) is 4.08. The molecule has 0 aliphatic rings. The number of esters is 1. The first-order valence-electron chi connectivity index (χ1n) is 5.99. The van der Waals surface area contributed by atoms with E-state index in [9.17, 15) is 9.59 Å². The summed E-state index contributed by atoms with van der Waals surface area (Å²) in [4.78, 5) is 23.2. The summed E-state index contributed by atoms with van der Waals surface area (Å²) in [6.45, 7) is 3.33. The Balaban J connectivity index is 2.91. The molecule has 0 amide bonds. The van der Waals surface area contributed by atoms with Gasteiger partial charge in [0.25, 0.3) is 0 Å².